The molecule has 1 N–H and O–H groups in total. The van der Waals surface area contributed by atoms with Crippen molar-refractivity contribution >= 4 is 17.2 Å². The Morgan fingerprint density at radius 2 is 2.00 bits per heavy atom. The van der Waals surface area contributed by atoms with Gasteiger partial charge < -0.3 is 9.84 Å². The number of rotatable bonds is 6. The van der Waals surface area contributed by atoms with Gasteiger partial charge in [0.25, 0.3) is 5.56 Å². The Bertz CT molecular complexity index is 1340. The molecule has 12 heteroatoms. The molecule has 4 aromatic rings. The summed E-state index contributed by atoms with van der Waals surface area (Å²) in [7, 11) is 0. The van der Waals surface area contributed by atoms with E-state index in [1.807, 2.05) is 17.5 Å². The van der Waals surface area contributed by atoms with E-state index in [9.17, 15) is 18.8 Å². The Hall–Kier alpha value is -3.93. The van der Waals surface area contributed by atoms with E-state index in [1.165, 1.54) is 23.5 Å². The lowest BCUT2D eigenvalue weighted by Crippen LogP contribution is -2.41. The van der Waals surface area contributed by atoms with Gasteiger partial charge in [-0.15, -0.1) is 11.3 Å². The average Bonchev–Trinajstić information content (AvgIpc) is 3.46. The van der Waals surface area contributed by atoms with Crippen LogP contribution >= 0.6 is 11.3 Å². The zero-order valence-corrected chi connectivity index (χ0v) is 16.9. The van der Waals surface area contributed by atoms with Crippen LogP contribution in [0.25, 0.3) is 17.2 Å². The first-order valence-corrected chi connectivity index (χ1v) is 10.0. The van der Waals surface area contributed by atoms with Crippen molar-refractivity contribution in [1.82, 2.24) is 29.8 Å². The van der Waals surface area contributed by atoms with Crippen molar-refractivity contribution in [2.45, 2.75) is 20.0 Å². The molecule has 0 aliphatic heterocycles. The van der Waals surface area contributed by atoms with Crippen LogP contribution in [-0.2, 0) is 13.1 Å². The van der Waals surface area contributed by atoms with Crippen molar-refractivity contribution in [2.24, 2.45) is 0 Å². The monoisotopic (exact) mass is 442 g/mol. The molecule has 10 nitrogen and oxygen atoms in total. The Balaban J connectivity index is 1.70. The number of amides is 1. The summed E-state index contributed by atoms with van der Waals surface area (Å²) in [5.41, 5.74) is -1.49. The van der Waals surface area contributed by atoms with Crippen LogP contribution in [0.3, 0.4) is 0 Å². The van der Waals surface area contributed by atoms with Crippen molar-refractivity contribution in [2.75, 3.05) is 0 Å². The summed E-state index contributed by atoms with van der Waals surface area (Å²) in [6.45, 7) is 1.95. The van der Waals surface area contributed by atoms with Gasteiger partial charge in [-0.25, -0.2) is 9.18 Å². The van der Waals surface area contributed by atoms with E-state index in [1.54, 1.807) is 6.92 Å². The molecule has 4 rings (SSSR count). The highest BCUT2D eigenvalue weighted by Crippen LogP contribution is 2.12. The molecule has 0 aliphatic carbocycles. The molecule has 0 radical (unpaired) electrons. The number of carbonyl (C=O) groups excluding carboxylic acids is 1. The van der Waals surface area contributed by atoms with E-state index in [2.05, 4.69) is 20.6 Å². The maximum Gasteiger partial charge on any atom is 0.352 e. The van der Waals surface area contributed by atoms with Crippen molar-refractivity contribution < 1.29 is 13.7 Å². The normalized spacial score (nSPS) is 10.9. The third-order valence-corrected chi connectivity index (χ3v) is 5.16. The van der Waals surface area contributed by atoms with Crippen LogP contribution in [0.4, 0.5) is 4.39 Å². The van der Waals surface area contributed by atoms with Crippen molar-refractivity contribution in [3.8, 4) is 17.2 Å². The van der Waals surface area contributed by atoms with Gasteiger partial charge in [0.2, 0.25) is 5.82 Å². The van der Waals surface area contributed by atoms with Gasteiger partial charge in [-0.05, 0) is 42.6 Å². The molecule has 0 bridgehead atoms. The predicted molar refractivity (Wildman–Crippen MR) is 109 cm³/mol. The number of halogens is 1. The number of hydrogen-bond donors (Lipinski definition) is 1. The molecule has 0 fully saturated rings. The SMILES string of the molecule is CCn1c(=O)c(-c2noc(C(=O)NCc3cccs3)n2)nn(-c2ccc(F)cc2)c1=O. The van der Waals surface area contributed by atoms with E-state index >= 15 is 0 Å². The minimum absolute atomic E-state index is 0.0559. The summed E-state index contributed by atoms with van der Waals surface area (Å²) >= 11 is 1.48. The minimum atomic E-state index is -0.739. The topological polar surface area (TPSA) is 125 Å². The molecule has 31 heavy (non-hydrogen) atoms. The van der Waals surface area contributed by atoms with Crippen LogP contribution < -0.4 is 16.6 Å². The first-order chi connectivity index (χ1) is 15.0. The number of hydrogen-bond acceptors (Lipinski definition) is 8. The molecule has 0 saturated heterocycles. The Kier molecular flexibility index (Phi) is 5.54. The number of aromatic nitrogens is 5. The largest absolute Gasteiger partial charge is 0.352 e. The van der Waals surface area contributed by atoms with Crippen molar-refractivity contribution in [3.05, 3.63) is 79.2 Å². The van der Waals surface area contributed by atoms with Gasteiger partial charge in [-0.1, -0.05) is 11.2 Å². The second-order valence-corrected chi connectivity index (χ2v) is 7.29. The number of benzene rings is 1. The van der Waals surface area contributed by atoms with Crippen LogP contribution in [0.15, 0.2) is 55.9 Å². The van der Waals surface area contributed by atoms with Crippen LogP contribution in [0.1, 0.15) is 22.5 Å². The zero-order chi connectivity index (χ0) is 22.0. The standard InChI is InChI=1S/C19H15FN6O4S/c1-2-25-18(28)14(23-26(19(25)29)12-7-5-11(20)6-8-12)15-22-17(30-24-15)16(27)21-10-13-4-3-9-31-13/h3-9H,2,10H2,1H3,(H,21,27). The van der Waals surface area contributed by atoms with E-state index in [0.717, 1.165) is 26.3 Å². The summed E-state index contributed by atoms with van der Waals surface area (Å²) in [6.07, 6.45) is 0. The molecule has 3 aromatic heterocycles. The second kappa shape index (κ2) is 8.44. The molecular weight excluding hydrogens is 427 g/mol. The Morgan fingerprint density at radius 1 is 1.23 bits per heavy atom. The Labute approximate surface area is 177 Å². The summed E-state index contributed by atoms with van der Waals surface area (Å²) < 4.78 is 20.1. The molecular formula is C19H15FN6O4S. The molecule has 0 saturated carbocycles. The van der Waals surface area contributed by atoms with E-state index in [4.69, 9.17) is 4.52 Å². The minimum Gasteiger partial charge on any atom is -0.343 e. The van der Waals surface area contributed by atoms with Gasteiger partial charge in [0, 0.05) is 11.4 Å². The predicted octanol–water partition coefficient (Wildman–Crippen LogP) is 1.59. The van der Waals surface area contributed by atoms with Crippen LogP contribution in [0.2, 0.25) is 0 Å². The first-order valence-electron chi connectivity index (χ1n) is 9.12. The molecule has 0 spiro atoms. The maximum atomic E-state index is 13.3. The summed E-state index contributed by atoms with van der Waals surface area (Å²) in [5.74, 6) is -1.70. The lowest BCUT2D eigenvalue weighted by atomic mass is 10.3. The van der Waals surface area contributed by atoms with Crippen LogP contribution in [-0.4, -0.2) is 30.4 Å². The van der Waals surface area contributed by atoms with Crippen molar-refractivity contribution in [3.63, 3.8) is 0 Å². The first kappa shape index (κ1) is 20.3. The van der Waals surface area contributed by atoms with E-state index in [0.29, 0.717) is 0 Å². The van der Waals surface area contributed by atoms with Gasteiger partial charge in [-0.3, -0.25) is 14.2 Å². The third kappa shape index (κ3) is 4.05. The fourth-order valence-corrected chi connectivity index (χ4v) is 3.40. The van der Waals surface area contributed by atoms with Gasteiger partial charge in [0.15, 0.2) is 5.69 Å². The van der Waals surface area contributed by atoms with Gasteiger partial charge in [0.05, 0.1) is 12.2 Å². The smallest absolute Gasteiger partial charge is 0.343 e. The van der Waals surface area contributed by atoms with Crippen molar-refractivity contribution in [1.29, 1.82) is 0 Å². The van der Waals surface area contributed by atoms with E-state index in [-0.39, 0.29) is 36.2 Å². The van der Waals surface area contributed by atoms with Gasteiger partial charge in [-0.2, -0.15) is 14.8 Å². The number of thiophene rings is 1. The summed E-state index contributed by atoms with van der Waals surface area (Å²) in [6, 6.07) is 8.73. The van der Waals surface area contributed by atoms with Crippen LogP contribution in [0, 0.1) is 5.82 Å². The molecule has 158 valence electrons. The fourth-order valence-electron chi connectivity index (χ4n) is 2.75. The quantitative estimate of drug-likeness (QED) is 0.481. The number of carbonyl (C=O) groups is 1. The highest BCUT2D eigenvalue weighted by molar-refractivity contribution is 7.09. The molecule has 0 atom stereocenters. The summed E-state index contributed by atoms with van der Waals surface area (Å²) in [4.78, 5) is 42.5. The number of nitrogens with one attached hydrogen (secondary N) is 1. The van der Waals surface area contributed by atoms with E-state index < -0.39 is 23.0 Å². The molecule has 1 aromatic carbocycles. The molecule has 0 aliphatic rings. The molecule has 1 amide bonds. The van der Waals surface area contributed by atoms with Gasteiger partial charge in [0.1, 0.15) is 5.82 Å². The van der Waals surface area contributed by atoms with Crippen LogP contribution in [0.5, 0.6) is 0 Å². The average molecular weight is 442 g/mol. The second-order valence-electron chi connectivity index (χ2n) is 6.25. The molecule has 3 heterocycles. The Morgan fingerprint density at radius 3 is 2.68 bits per heavy atom. The van der Waals surface area contributed by atoms with Gasteiger partial charge >= 0.3 is 17.5 Å². The fraction of sp³-hybridized carbons (Fsp3) is 0.158. The zero-order valence-electron chi connectivity index (χ0n) is 16.1. The highest BCUT2D eigenvalue weighted by Gasteiger charge is 2.22. The lowest BCUT2D eigenvalue weighted by Gasteiger charge is -2.09. The molecule has 0 unspecified atom stereocenters. The number of nitrogens with zero attached hydrogens (tertiary/aromatic N) is 5. The maximum absolute atomic E-state index is 13.3. The third-order valence-electron chi connectivity index (χ3n) is 4.28. The lowest BCUT2D eigenvalue weighted by molar-refractivity contribution is 0.0907. The summed E-state index contributed by atoms with van der Waals surface area (Å²) in [5, 5.41) is 12.2. The highest BCUT2D eigenvalue weighted by atomic mass is 32.1.